The lowest BCUT2D eigenvalue weighted by molar-refractivity contribution is -0.121. The summed E-state index contributed by atoms with van der Waals surface area (Å²) < 4.78 is 0. The van der Waals surface area contributed by atoms with Crippen molar-refractivity contribution in [1.82, 2.24) is 15.3 Å². The van der Waals surface area contributed by atoms with Crippen molar-refractivity contribution < 1.29 is 4.79 Å². The van der Waals surface area contributed by atoms with Crippen LogP contribution in [-0.2, 0) is 11.2 Å². The first-order chi connectivity index (χ1) is 11.4. The largest absolute Gasteiger partial charge is 0.350 e. The van der Waals surface area contributed by atoms with Crippen molar-refractivity contribution in [2.45, 2.75) is 44.8 Å². The smallest absolute Gasteiger partial charge is 0.220 e. The quantitative estimate of drug-likeness (QED) is 0.614. The number of hydrogen-bond donors (Lipinski definition) is 1. The van der Waals surface area contributed by atoms with E-state index < -0.39 is 0 Å². The molecule has 0 saturated heterocycles. The highest BCUT2D eigenvalue weighted by Crippen LogP contribution is 2.22. The van der Waals surface area contributed by atoms with Gasteiger partial charge in [-0.25, -0.2) is 9.97 Å². The molecule has 2 aromatic rings. The number of aryl methyl sites for hydroxylation is 2. The molecule has 1 aromatic heterocycles. The van der Waals surface area contributed by atoms with Crippen LogP contribution < -0.4 is 5.32 Å². The molecule has 0 fully saturated rings. The zero-order valence-electron chi connectivity index (χ0n) is 14.4. The molecule has 24 heavy (non-hydrogen) atoms. The van der Waals surface area contributed by atoms with Crippen molar-refractivity contribution in [3.63, 3.8) is 0 Å². The summed E-state index contributed by atoms with van der Waals surface area (Å²) in [5, 5.41) is 4.43. The zero-order valence-corrected chi connectivity index (χ0v) is 16.0. The number of rotatable bonds is 6. The first kappa shape index (κ1) is 18.7. The van der Waals surface area contributed by atoms with Gasteiger partial charge in [0.1, 0.15) is 0 Å². The molecule has 0 radical (unpaired) electrons. The van der Waals surface area contributed by atoms with E-state index in [-0.39, 0.29) is 11.9 Å². The monoisotopic (exact) mass is 363 g/mol. The Balaban J connectivity index is 1.98. The molecule has 0 aliphatic heterocycles. The van der Waals surface area contributed by atoms with Crippen LogP contribution in [0.2, 0.25) is 5.02 Å². The minimum atomic E-state index is -0.122. The van der Waals surface area contributed by atoms with Gasteiger partial charge in [-0.3, -0.25) is 4.79 Å². The van der Waals surface area contributed by atoms with Crippen LogP contribution in [0.15, 0.2) is 29.4 Å². The molecule has 0 spiro atoms. The second kappa shape index (κ2) is 8.49. The topological polar surface area (TPSA) is 54.9 Å². The van der Waals surface area contributed by atoms with Gasteiger partial charge in [-0.15, -0.1) is 0 Å². The molecule has 0 aliphatic rings. The molecule has 2 rings (SSSR count). The average Bonchev–Trinajstić information content (AvgIpc) is 2.54. The molecule has 1 amide bonds. The van der Waals surface area contributed by atoms with Gasteiger partial charge in [0.05, 0.1) is 6.04 Å². The fourth-order valence-electron chi connectivity index (χ4n) is 2.62. The van der Waals surface area contributed by atoms with Gasteiger partial charge < -0.3 is 5.32 Å². The Kier molecular flexibility index (Phi) is 6.63. The molecular formula is C18H22ClN3OS. The Morgan fingerprint density at radius 1 is 1.25 bits per heavy atom. The predicted octanol–water partition coefficient (Wildman–Crippen LogP) is 4.28. The third-order valence-corrected chi connectivity index (χ3v) is 4.83. The van der Waals surface area contributed by atoms with Crippen LogP contribution in [0.3, 0.4) is 0 Å². The van der Waals surface area contributed by atoms with Crippen molar-refractivity contribution >= 4 is 29.3 Å². The molecule has 0 saturated carbocycles. The highest BCUT2D eigenvalue weighted by atomic mass is 35.5. The SMILES string of the molecule is CSc1nc(C)c(CCC(=O)NC(C)c2ccccc2Cl)c(C)n1. The van der Waals surface area contributed by atoms with E-state index in [9.17, 15) is 4.79 Å². The van der Waals surface area contributed by atoms with Crippen molar-refractivity contribution in [3.8, 4) is 0 Å². The van der Waals surface area contributed by atoms with E-state index in [1.54, 1.807) is 0 Å². The van der Waals surface area contributed by atoms with Crippen molar-refractivity contribution in [2.75, 3.05) is 6.26 Å². The number of nitrogens with one attached hydrogen (secondary N) is 1. The van der Waals surface area contributed by atoms with Gasteiger partial charge >= 0.3 is 0 Å². The highest BCUT2D eigenvalue weighted by molar-refractivity contribution is 7.98. The summed E-state index contributed by atoms with van der Waals surface area (Å²) in [5.41, 5.74) is 3.86. The molecule has 0 aliphatic carbocycles. The Labute approximate surface area is 152 Å². The van der Waals surface area contributed by atoms with Crippen LogP contribution in [0.1, 0.15) is 41.9 Å². The second-order valence-electron chi connectivity index (χ2n) is 5.67. The van der Waals surface area contributed by atoms with Gasteiger partial charge in [0.2, 0.25) is 5.91 Å². The molecule has 1 aromatic carbocycles. The number of benzene rings is 1. The Morgan fingerprint density at radius 2 is 1.88 bits per heavy atom. The van der Waals surface area contributed by atoms with Crippen LogP contribution in [0.5, 0.6) is 0 Å². The predicted molar refractivity (Wildman–Crippen MR) is 99.6 cm³/mol. The van der Waals surface area contributed by atoms with Crippen LogP contribution in [0.25, 0.3) is 0 Å². The lowest BCUT2D eigenvalue weighted by Gasteiger charge is -2.16. The zero-order chi connectivity index (χ0) is 17.7. The molecule has 1 unspecified atom stereocenters. The Bertz CT molecular complexity index is 713. The molecule has 1 N–H and O–H groups in total. The summed E-state index contributed by atoms with van der Waals surface area (Å²) in [4.78, 5) is 21.2. The third-order valence-electron chi connectivity index (χ3n) is 3.93. The molecule has 6 heteroatoms. The van der Waals surface area contributed by atoms with Crippen LogP contribution >= 0.6 is 23.4 Å². The van der Waals surface area contributed by atoms with E-state index in [1.807, 2.05) is 51.3 Å². The fourth-order valence-corrected chi connectivity index (χ4v) is 3.37. The van der Waals surface area contributed by atoms with Gasteiger partial charge in [-0.2, -0.15) is 0 Å². The molecule has 0 bridgehead atoms. The third kappa shape index (κ3) is 4.71. The summed E-state index contributed by atoms with van der Waals surface area (Å²) in [7, 11) is 0. The minimum Gasteiger partial charge on any atom is -0.350 e. The fraction of sp³-hybridized carbons (Fsp3) is 0.389. The van der Waals surface area contributed by atoms with Gasteiger partial charge in [-0.1, -0.05) is 41.6 Å². The average molecular weight is 364 g/mol. The number of thioether (sulfide) groups is 1. The highest BCUT2D eigenvalue weighted by Gasteiger charge is 2.14. The number of nitrogens with zero attached hydrogens (tertiary/aromatic N) is 2. The summed E-state index contributed by atoms with van der Waals surface area (Å²) in [6.07, 6.45) is 2.99. The normalized spacial score (nSPS) is 12.0. The summed E-state index contributed by atoms with van der Waals surface area (Å²) in [6, 6.07) is 7.43. The van der Waals surface area contributed by atoms with Crippen molar-refractivity contribution in [2.24, 2.45) is 0 Å². The number of halogens is 1. The molecular weight excluding hydrogens is 342 g/mol. The van der Waals surface area contributed by atoms with Crippen LogP contribution in [-0.4, -0.2) is 22.1 Å². The summed E-state index contributed by atoms with van der Waals surface area (Å²) >= 11 is 7.70. The van der Waals surface area contributed by atoms with Gasteiger partial charge in [-0.05, 0) is 50.6 Å². The van der Waals surface area contributed by atoms with Crippen molar-refractivity contribution in [1.29, 1.82) is 0 Å². The summed E-state index contributed by atoms with van der Waals surface area (Å²) in [5.74, 6) is -0.00448. The van der Waals surface area contributed by atoms with Gasteiger partial charge in [0.15, 0.2) is 5.16 Å². The van der Waals surface area contributed by atoms with E-state index in [1.165, 1.54) is 11.8 Å². The number of amides is 1. The summed E-state index contributed by atoms with van der Waals surface area (Å²) in [6.45, 7) is 5.87. The number of aromatic nitrogens is 2. The molecule has 1 heterocycles. The molecule has 4 nitrogen and oxygen atoms in total. The number of carbonyl (C=O) groups is 1. The maximum atomic E-state index is 12.3. The van der Waals surface area contributed by atoms with Crippen LogP contribution in [0, 0.1) is 13.8 Å². The second-order valence-corrected chi connectivity index (χ2v) is 6.85. The van der Waals surface area contributed by atoms with Crippen molar-refractivity contribution in [3.05, 3.63) is 51.8 Å². The van der Waals surface area contributed by atoms with E-state index >= 15 is 0 Å². The van der Waals surface area contributed by atoms with Gasteiger partial charge in [0.25, 0.3) is 0 Å². The Hall–Kier alpha value is -1.59. The van der Waals surface area contributed by atoms with E-state index in [2.05, 4.69) is 15.3 Å². The Morgan fingerprint density at radius 3 is 2.46 bits per heavy atom. The first-order valence-corrected chi connectivity index (χ1v) is 9.44. The molecule has 1 atom stereocenters. The van der Waals surface area contributed by atoms with E-state index in [4.69, 9.17) is 11.6 Å². The maximum Gasteiger partial charge on any atom is 0.220 e. The first-order valence-electron chi connectivity index (χ1n) is 7.84. The number of hydrogen-bond acceptors (Lipinski definition) is 4. The minimum absolute atomic E-state index is 0.00448. The van der Waals surface area contributed by atoms with Crippen LogP contribution in [0.4, 0.5) is 0 Å². The number of carbonyl (C=O) groups excluding carboxylic acids is 1. The van der Waals surface area contributed by atoms with E-state index in [0.717, 1.165) is 27.7 Å². The van der Waals surface area contributed by atoms with E-state index in [0.29, 0.717) is 17.9 Å². The van der Waals surface area contributed by atoms with Gasteiger partial charge in [0, 0.05) is 22.8 Å². The lowest BCUT2D eigenvalue weighted by Crippen LogP contribution is -2.27. The lowest BCUT2D eigenvalue weighted by atomic mass is 10.1. The molecule has 128 valence electrons. The maximum absolute atomic E-state index is 12.3. The standard InChI is InChI=1S/C18H22ClN3OS/c1-11-14(12(2)22-18(21-11)24-4)9-10-17(23)20-13(3)15-7-5-6-8-16(15)19/h5-8,13H,9-10H2,1-4H3,(H,20,23).